The van der Waals surface area contributed by atoms with Gasteiger partial charge in [0.2, 0.25) is 0 Å². The van der Waals surface area contributed by atoms with Gasteiger partial charge < -0.3 is 9.64 Å². The van der Waals surface area contributed by atoms with Crippen LogP contribution in [0.1, 0.15) is 31.4 Å². The summed E-state index contributed by atoms with van der Waals surface area (Å²) < 4.78 is 5.03. The molecule has 1 saturated heterocycles. The number of esters is 1. The minimum atomic E-state index is -1.05. The molecule has 23 heavy (non-hydrogen) atoms. The Bertz CT molecular complexity index is 763. The molecule has 0 spiro atoms. The first-order valence-corrected chi connectivity index (χ1v) is 7.82. The summed E-state index contributed by atoms with van der Waals surface area (Å²) >= 11 is 0. The van der Waals surface area contributed by atoms with Gasteiger partial charge in [-0.15, -0.1) is 0 Å². The van der Waals surface area contributed by atoms with Crippen molar-refractivity contribution in [2.24, 2.45) is 0 Å². The van der Waals surface area contributed by atoms with Gasteiger partial charge in [-0.1, -0.05) is 12.1 Å². The van der Waals surface area contributed by atoms with Gasteiger partial charge in [-0.25, -0.2) is 9.97 Å². The molecule has 1 fully saturated rings. The number of nitrogens with zero attached hydrogens (tertiary/aromatic N) is 4. The van der Waals surface area contributed by atoms with Crippen molar-refractivity contribution >= 4 is 22.8 Å². The molecule has 1 unspecified atom stereocenters. The van der Waals surface area contributed by atoms with Gasteiger partial charge in [0.25, 0.3) is 0 Å². The summed E-state index contributed by atoms with van der Waals surface area (Å²) in [5, 5.41) is 9.48. The monoisotopic (exact) mass is 310 g/mol. The maximum atomic E-state index is 12.1. The van der Waals surface area contributed by atoms with E-state index in [-0.39, 0.29) is 6.61 Å². The predicted octanol–water partition coefficient (Wildman–Crippen LogP) is 2.40. The topological polar surface area (TPSA) is 79.1 Å². The molecule has 0 radical (unpaired) electrons. The third-order valence-electron chi connectivity index (χ3n) is 3.91. The van der Waals surface area contributed by atoms with E-state index in [1.54, 1.807) is 6.92 Å². The van der Waals surface area contributed by atoms with Crippen molar-refractivity contribution in [1.29, 1.82) is 5.26 Å². The minimum absolute atomic E-state index is 0.233. The number of hydrogen-bond donors (Lipinski definition) is 0. The zero-order valence-electron chi connectivity index (χ0n) is 13.0. The van der Waals surface area contributed by atoms with Gasteiger partial charge in [0.15, 0.2) is 11.7 Å². The molecule has 6 nitrogen and oxygen atoms in total. The maximum Gasteiger partial charge on any atom is 0.329 e. The van der Waals surface area contributed by atoms with Gasteiger partial charge in [0.05, 0.1) is 23.7 Å². The number of fused-ring (bicyclic) bond motifs is 1. The van der Waals surface area contributed by atoms with Gasteiger partial charge in [0.1, 0.15) is 5.69 Å². The molecular formula is C17H18N4O2. The Labute approximate surface area is 134 Å². The first kappa shape index (κ1) is 15.2. The molecule has 0 saturated carbocycles. The summed E-state index contributed by atoms with van der Waals surface area (Å²) in [7, 11) is 0. The van der Waals surface area contributed by atoms with Gasteiger partial charge in [-0.05, 0) is 31.9 Å². The first-order valence-electron chi connectivity index (χ1n) is 7.82. The summed E-state index contributed by atoms with van der Waals surface area (Å²) in [6.45, 7) is 3.68. The molecule has 1 atom stereocenters. The van der Waals surface area contributed by atoms with Crippen LogP contribution in [0.5, 0.6) is 0 Å². The van der Waals surface area contributed by atoms with Gasteiger partial charge in [-0.2, -0.15) is 5.26 Å². The van der Waals surface area contributed by atoms with Gasteiger partial charge >= 0.3 is 5.97 Å². The van der Waals surface area contributed by atoms with Crippen molar-refractivity contribution in [3.63, 3.8) is 0 Å². The van der Waals surface area contributed by atoms with E-state index in [0.29, 0.717) is 17.0 Å². The molecular weight excluding hydrogens is 292 g/mol. The Morgan fingerprint density at radius 1 is 1.30 bits per heavy atom. The van der Waals surface area contributed by atoms with Crippen LogP contribution in [0, 0.1) is 11.3 Å². The third-order valence-corrected chi connectivity index (χ3v) is 3.91. The smallest absolute Gasteiger partial charge is 0.329 e. The number of anilines is 1. The van der Waals surface area contributed by atoms with E-state index in [1.807, 2.05) is 30.3 Å². The largest absolute Gasteiger partial charge is 0.465 e. The summed E-state index contributed by atoms with van der Waals surface area (Å²) in [4.78, 5) is 23.5. The van der Waals surface area contributed by atoms with Crippen molar-refractivity contribution in [2.45, 2.75) is 25.7 Å². The highest BCUT2D eigenvalue weighted by molar-refractivity contribution is 5.85. The fourth-order valence-electron chi connectivity index (χ4n) is 2.81. The number of carbonyl (C=O) groups excluding carboxylic acids is 1. The van der Waals surface area contributed by atoms with Crippen molar-refractivity contribution in [3.05, 3.63) is 30.0 Å². The van der Waals surface area contributed by atoms with E-state index in [0.717, 1.165) is 31.4 Å². The van der Waals surface area contributed by atoms with Crippen LogP contribution in [0.2, 0.25) is 0 Å². The Hall–Kier alpha value is -2.68. The molecule has 1 aromatic carbocycles. The molecule has 118 valence electrons. The highest BCUT2D eigenvalue weighted by Gasteiger charge is 2.30. The van der Waals surface area contributed by atoms with Crippen molar-refractivity contribution in [1.82, 2.24) is 9.97 Å². The molecule has 1 aliphatic rings. The standard InChI is InChI=1S/C17H18N4O2/c1-2-23-17(22)12(11-18)15-16(21-9-5-6-10-21)20-14-8-4-3-7-13(14)19-15/h3-4,7-8,12H,2,5-6,9-10H2,1H3. The normalized spacial score (nSPS) is 15.4. The lowest BCUT2D eigenvalue weighted by atomic mass is 10.1. The Balaban J connectivity index is 2.13. The van der Waals surface area contributed by atoms with Crippen molar-refractivity contribution in [3.8, 4) is 6.07 Å². The number of para-hydroxylation sites is 2. The average Bonchev–Trinajstić information content (AvgIpc) is 3.09. The molecule has 2 heterocycles. The van der Waals surface area contributed by atoms with E-state index in [4.69, 9.17) is 4.74 Å². The van der Waals surface area contributed by atoms with E-state index in [1.165, 1.54) is 0 Å². The Morgan fingerprint density at radius 3 is 2.57 bits per heavy atom. The quantitative estimate of drug-likeness (QED) is 0.807. The maximum absolute atomic E-state index is 12.1. The minimum Gasteiger partial charge on any atom is -0.465 e. The number of rotatable bonds is 4. The Kier molecular flexibility index (Phi) is 4.38. The lowest BCUT2D eigenvalue weighted by Gasteiger charge is -2.21. The van der Waals surface area contributed by atoms with Crippen LogP contribution in [0.3, 0.4) is 0 Å². The Morgan fingerprint density at radius 2 is 1.96 bits per heavy atom. The molecule has 0 N–H and O–H groups in total. The SMILES string of the molecule is CCOC(=O)C(C#N)c1nc2ccccc2nc1N1CCCC1. The lowest BCUT2D eigenvalue weighted by molar-refractivity contribution is -0.143. The molecule has 6 heteroatoms. The van der Waals surface area contributed by atoms with Crippen LogP contribution in [0.15, 0.2) is 24.3 Å². The van der Waals surface area contributed by atoms with E-state index >= 15 is 0 Å². The molecule has 0 amide bonds. The molecule has 0 aliphatic carbocycles. The highest BCUT2D eigenvalue weighted by Crippen LogP contribution is 2.29. The van der Waals surface area contributed by atoms with Crippen LogP contribution < -0.4 is 4.90 Å². The number of ether oxygens (including phenoxy) is 1. The summed E-state index contributed by atoms with van der Waals surface area (Å²) in [5.74, 6) is -0.997. The summed E-state index contributed by atoms with van der Waals surface area (Å²) in [5.41, 5.74) is 1.83. The summed E-state index contributed by atoms with van der Waals surface area (Å²) in [6, 6.07) is 9.51. The van der Waals surface area contributed by atoms with E-state index in [9.17, 15) is 10.1 Å². The lowest BCUT2D eigenvalue weighted by Crippen LogP contribution is -2.25. The fraction of sp³-hybridized carbons (Fsp3) is 0.412. The van der Waals surface area contributed by atoms with E-state index in [2.05, 4.69) is 14.9 Å². The highest BCUT2D eigenvalue weighted by atomic mass is 16.5. The van der Waals surface area contributed by atoms with Crippen molar-refractivity contribution in [2.75, 3.05) is 24.6 Å². The second-order valence-electron chi connectivity index (χ2n) is 5.43. The van der Waals surface area contributed by atoms with Crippen molar-refractivity contribution < 1.29 is 9.53 Å². The molecule has 0 bridgehead atoms. The number of hydrogen-bond acceptors (Lipinski definition) is 6. The van der Waals surface area contributed by atoms with E-state index < -0.39 is 11.9 Å². The number of carbonyl (C=O) groups is 1. The molecule has 1 aromatic heterocycles. The van der Waals surface area contributed by atoms with Crippen LogP contribution in [0.25, 0.3) is 11.0 Å². The molecule has 2 aromatic rings. The zero-order valence-corrected chi connectivity index (χ0v) is 13.0. The predicted molar refractivity (Wildman–Crippen MR) is 86.0 cm³/mol. The van der Waals surface area contributed by atoms with Gasteiger partial charge in [0, 0.05) is 13.1 Å². The molecule has 1 aliphatic heterocycles. The second kappa shape index (κ2) is 6.61. The number of nitriles is 1. The van der Waals surface area contributed by atoms with Crippen LogP contribution in [-0.2, 0) is 9.53 Å². The third kappa shape index (κ3) is 2.95. The fourth-order valence-corrected chi connectivity index (χ4v) is 2.81. The van der Waals surface area contributed by atoms with Crippen LogP contribution in [-0.4, -0.2) is 35.6 Å². The average molecular weight is 310 g/mol. The molecule has 3 rings (SSSR count). The summed E-state index contributed by atoms with van der Waals surface area (Å²) in [6.07, 6.45) is 2.15. The van der Waals surface area contributed by atoms with Crippen LogP contribution >= 0.6 is 0 Å². The second-order valence-corrected chi connectivity index (χ2v) is 5.43. The number of aromatic nitrogens is 2. The first-order chi connectivity index (χ1) is 11.2. The van der Waals surface area contributed by atoms with Gasteiger partial charge in [-0.3, -0.25) is 4.79 Å². The number of benzene rings is 1. The zero-order chi connectivity index (χ0) is 16.2. The van der Waals surface area contributed by atoms with Crippen LogP contribution in [0.4, 0.5) is 5.82 Å².